The minimum atomic E-state index is -4.37. The number of amides is 1. The highest BCUT2D eigenvalue weighted by Crippen LogP contribution is 2.34. The molecule has 0 unspecified atom stereocenters. The van der Waals surface area contributed by atoms with E-state index >= 15 is 0 Å². The molecule has 1 N–H and O–H groups in total. The van der Waals surface area contributed by atoms with Crippen LogP contribution in [0.4, 0.5) is 13.2 Å². The third-order valence-corrected chi connectivity index (χ3v) is 7.43. The van der Waals surface area contributed by atoms with Gasteiger partial charge >= 0.3 is 12.1 Å². The molecular formula is C30H34F3NO4S. The molecule has 0 radical (unpaired) electrons. The van der Waals surface area contributed by atoms with Crippen LogP contribution in [0.2, 0.25) is 0 Å². The average molecular weight is 562 g/mol. The molecule has 0 aliphatic heterocycles. The summed E-state index contributed by atoms with van der Waals surface area (Å²) in [5, 5.41) is 2.73. The molecule has 3 aromatic rings. The SMILES string of the molecule is CCCCCCC[C@@H](Oc1ccc(-c2ccc(C(F)(F)F)cc2)cc1)c1ccc(C(=O)NCCC(=O)OC)s1. The Balaban J connectivity index is 1.69. The number of alkyl halides is 3. The molecule has 0 saturated heterocycles. The zero-order chi connectivity index (χ0) is 28.3. The molecule has 2 aromatic carbocycles. The first-order chi connectivity index (χ1) is 18.7. The number of benzene rings is 2. The van der Waals surface area contributed by atoms with Crippen molar-refractivity contribution < 1.29 is 32.2 Å². The summed E-state index contributed by atoms with van der Waals surface area (Å²) in [5.74, 6) is 0.00230. The number of halogens is 3. The molecular weight excluding hydrogens is 527 g/mol. The van der Waals surface area contributed by atoms with Crippen molar-refractivity contribution in [3.63, 3.8) is 0 Å². The number of methoxy groups -OCH3 is 1. The minimum Gasteiger partial charge on any atom is -0.485 e. The fraction of sp³-hybridized carbons (Fsp3) is 0.400. The van der Waals surface area contributed by atoms with Gasteiger partial charge in [-0.1, -0.05) is 56.9 Å². The summed E-state index contributed by atoms with van der Waals surface area (Å²) in [4.78, 5) is 25.3. The van der Waals surface area contributed by atoms with Crippen LogP contribution >= 0.6 is 11.3 Å². The van der Waals surface area contributed by atoms with Gasteiger partial charge < -0.3 is 14.8 Å². The number of unbranched alkanes of at least 4 members (excludes halogenated alkanes) is 4. The lowest BCUT2D eigenvalue weighted by Crippen LogP contribution is -2.25. The van der Waals surface area contributed by atoms with E-state index in [1.807, 2.05) is 30.3 Å². The fourth-order valence-corrected chi connectivity index (χ4v) is 5.04. The molecule has 5 nitrogen and oxygen atoms in total. The van der Waals surface area contributed by atoms with Crippen LogP contribution in [0.1, 0.15) is 78.1 Å². The molecule has 1 aromatic heterocycles. The highest BCUT2D eigenvalue weighted by Gasteiger charge is 2.30. The summed E-state index contributed by atoms with van der Waals surface area (Å²) in [6.07, 6.45) is 1.85. The number of esters is 1. The summed E-state index contributed by atoms with van der Waals surface area (Å²) in [6, 6.07) is 16.0. The summed E-state index contributed by atoms with van der Waals surface area (Å²) < 4.78 is 49.6. The van der Waals surface area contributed by atoms with Crippen LogP contribution in [0.3, 0.4) is 0 Å². The molecule has 0 saturated carbocycles. The van der Waals surface area contributed by atoms with Crippen molar-refractivity contribution in [3.05, 3.63) is 76.0 Å². The molecule has 0 spiro atoms. The van der Waals surface area contributed by atoms with Crippen LogP contribution in [0.25, 0.3) is 11.1 Å². The Kier molecular flexibility index (Phi) is 11.4. The number of thiophene rings is 1. The number of carbonyl (C=O) groups is 2. The average Bonchev–Trinajstić information content (AvgIpc) is 3.42. The Morgan fingerprint density at radius 1 is 0.897 bits per heavy atom. The Morgan fingerprint density at radius 3 is 2.15 bits per heavy atom. The predicted octanol–water partition coefficient (Wildman–Crippen LogP) is 8.21. The zero-order valence-corrected chi connectivity index (χ0v) is 23.0. The number of hydrogen-bond donors (Lipinski definition) is 1. The van der Waals surface area contributed by atoms with Gasteiger partial charge in [0.05, 0.1) is 24.0 Å². The maximum absolute atomic E-state index is 12.9. The lowest BCUT2D eigenvalue weighted by Gasteiger charge is -2.18. The van der Waals surface area contributed by atoms with Crippen molar-refractivity contribution in [2.45, 2.75) is 64.1 Å². The summed E-state index contributed by atoms with van der Waals surface area (Å²) in [6.45, 7) is 2.37. The standard InChI is InChI=1S/C30H34F3NO4S/c1-3-4-5-6-7-8-25(26-17-18-27(39-26)29(36)34-20-19-28(35)37-2)38-24-15-11-22(12-16-24)21-9-13-23(14-10-21)30(31,32)33/h9-18,25H,3-8,19-20H2,1-2H3,(H,34,36)/t25-/m1/s1. The summed E-state index contributed by atoms with van der Waals surface area (Å²) in [7, 11) is 1.31. The molecule has 3 rings (SSSR count). The molecule has 0 bridgehead atoms. The maximum Gasteiger partial charge on any atom is 0.416 e. The number of ether oxygens (including phenoxy) is 2. The molecule has 0 aliphatic carbocycles. The van der Waals surface area contributed by atoms with Gasteiger partial charge in [-0.05, 0) is 60.4 Å². The Hall–Kier alpha value is -3.33. The van der Waals surface area contributed by atoms with E-state index in [0.717, 1.165) is 54.7 Å². The van der Waals surface area contributed by atoms with Gasteiger partial charge in [0.15, 0.2) is 0 Å². The molecule has 0 aliphatic rings. The van der Waals surface area contributed by atoms with E-state index in [2.05, 4.69) is 17.0 Å². The van der Waals surface area contributed by atoms with Gasteiger partial charge in [0.25, 0.3) is 5.91 Å². The normalized spacial score (nSPS) is 12.1. The Morgan fingerprint density at radius 2 is 1.54 bits per heavy atom. The smallest absolute Gasteiger partial charge is 0.416 e. The van der Waals surface area contributed by atoms with E-state index in [9.17, 15) is 22.8 Å². The van der Waals surface area contributed by atoms with E-state index in [0.29, 0.717) is 16.2 Å². The van der Waals surface area contributed by atoms with Gasteiger partial charge in [-0.2, -0.15) is 13.2 Å². The zero-order valence-electron chi connectivity index (χ0n) is 22.2. The quantitative estimate of drug-likeness (QED) is 0.159. The number of rotatable bonds is 14. The van der Waals surface area contributed by atoms with Gasteiger partial charge in [0.2, 0.25) is 0 Å². The van der Waals surface area contributed by atoms with Crippen molar-refractivity contribution in [2.75, 3.05) is 13.7 Å². The van der Waals surface area contributed by atoms with Crippen LogP contribution in [-0.2, 0) is 15.7 Å². The van der Waals surface area contributed by atoms with Gasteiger partial charge in [0.1, 0.15) is 11.9 Å². The first-order valence-corrected chi connectivity index (χ1v) is 13.9. The van der Waals surface area contributed by atoms with E-state index < -0.39 is 11.7 Å². The van der Waals surface area contributed by atoms with Crippen LogP contribution in [0.5, 0.6) is 5.75 Å². The highest BCUT2D eigenvalue weighted by molar-refractivity contribution is 7.14. The number of carbonyl (C=O) groups excluding carboxylic acids is 2. The van der Waals surface area contributed by atoms with E-state index in [1.165, 1.54) is 37.0 Å². The summed E-state index contributed by atoms with van der Waals surface area (Å²) in [5.41, 5.74) is 0.790. The maximum atomic E-state index is 12.9. The number of nitrogens with one attached hydrogen (secondary N) is 1. The molecule has 210 valence electrons. The molecule has 1 amide bonds. The lowest BCUT2D eigenvalue weighted by molar-refractivity contribution is -0.140. The Bertz CT molecular complexity index is 1190. The fourth-order valence-electron chi connectivity index (χ4n) is 4.05. The molecule has 9 heteroatoms. The minimum absolute atomic E-state index is 0.104. The molecule has 1 heterocycles. The van der Waals surface area contributed by atoms with E-state index in [1.54, 1.807) is 6.07 Å². The van der Waals surface area contributed by atoms with Crippen LogP contribution in [-0.4, -0.2) is 25.5 Å². The van der Waals surface area contributed by atoms with Crippen molar-refractivity contribution in [1.82, 2.24) is 5.32 Å². The third-order valence-electron chi connectivity index (χ3n) is 6.26. The van der Waals surface area contributed by atoms with Gasteiger partial charge in [-0.25, -0.2) is 0 Å². The topological polar surface area (TPSA) is 64.6 Å². The second-order valence-electron chi connectivity index (χ2n) is 9.19. The number of hydrogen-bond acceptors (Lipinski definition) is 5. The first-order valence-electron chi connectivity index (χ1n) is 13.1. The monoisotopic (exact) mass is 561 g/mol. The van der Waals surface area contributed by atoms with Gasteiger partial charge in [-0.15, -0.1) is 11.3 Å². The van der Waals surface area contributed by atoms with Crippen LogP contribution in [0, 0.1) is 0 Å². The van der Waals surface area contributed by atoms with Crippen molar-refractivity contribution in [2.24, 2.45) is 0 Å². The first kappa shape index (κ1) is 30.2. The van der Waals surface area contributed by atoms with Crippen molar-refractivity contribution in [1.29, 1.82) is 0 Å². The van der Waals surface area contributed by atoms with Crippen molar-refractivity contribution >= 4 is 23.2 Å². The highest BCUT2D eigenvalue weighted by atomic mass is 32.1. The molecule has 39 heavy (non-hydrogen) atoms. The largest absolute Gasteiger partial charge is 0.485 e. The second-order valence-corrected chi connectivity index (χ2v) is 10.3. The summed E-state index contributed by atoms with van der Waals surface area (Å²) >= 11 is 1.36. The van der Waals surface area contributed by atoms with Crippen molar-refractivity contribution in [3.8, 4) is 16.9 Å². The second kappa shape index (κ2) is 14.7. The van der Waals surface area contributed by atoms with E-state index in [-0.39, 0.29) is 30.9 Å². The molecule has 0 fully saturated rings. The van der Waals surface area contributed by atoms with Gasteiger partial charge in [0, 0.05) is 11.4 Å². The Labute approximate surface area is 231 Å². The van der Waals surface area contributed by atoms with Crippen LogP contribution in [0.15, 0.2) is 60.7 Å². The predicted molar refractivity (Wildman–Crippen MR) is 147 cm³/mol. The lowest BCUT2D eigenvalue weighted by atomic mass is 10.0. The van der Waals surface area contributed by atoms with Crippen LogP contribution < -0.4 is 10.1 Å². The van der Waals surface area contributed by atoms with Gasteiger partial charge in [-0.3, -0.25) is 9.59 Å². The van der Waals surface area contributed by atoms with E-state index in [4.69, 9.17) is 4.74 Å². The molecule has 1 atom stereocenters. The third kappa shape index (κ3) is 9.42.